The number of Topliss-reactive ketones (excluding diaryl/α,β-unsaturated/α-hetero) is 1. The second kappa shape index (κ2) is 6.84. The fourth-order valence-corrected chi connectivity index (χ4v) is 2.26. The van der Waals surface area contributed by atoms with Gasteiger partial charge < -0.3 is 0 Å². The quantitative estimate of drug-likeness (QED) is 0.683. The Hall–Kier alpha value is -3.66. The molecule has 1 atom stereocenters. The zero-order valence-electron chi connectivity index (χ0n) is 12.8. The van der Waals surface area contributed by atoms with Crippen LogP contribution in [0.5, 0.6) is 0 Å². The van der Waals surface area contributed by atoms with Gasteiger partial charge in [0.1, 0.15) is 11.5 Å². The molecule has 0 saturated carbocycles. The van der Waals surface area contributed by atoms with Gasteiger partial charge in [-0.15, -0.1) is 0 Å². The Balaban J connectivity index is 2.02. The van der Waals surface area contributed by atoms with Crippen LogP contribution in [0.4, 0.5) is 4.39 Å². The normalized spacial score (nSPS) is 11.5. The van der Waals surface area contributed by atoms with Crippen LogP contribution >= 0.6 is 0 Å². The molecule has 7 heteroatoms. The smallest absolute Gasteiger partial charge is 0.271 e. The molecule has 3 aromatic rings. The molecule has 0 aliphatic rings. The summed E-state index contributed by atoms with van der Waals surface area (Å²) in [5, 5.41) is 13.4. The molecule has 0 radical (unpaired) electrons. The van der Waals surface area contributed by atoms with E-state index in [0.29, 0.717) is 11.4 Å². The van der Waals surface area contributed by atoms with Crippen LogP contribution in [0.2, 0.25) is 0 Å². The van der Waals surface area contributed by atoms with Crippen molar-refractivity contribution < 1.29 is 9.18 Å². The summed E-state index contributed by atoms with van der Waals surface area (Å²) in [6.07, 6.45) is 1.49. The number of halogens is 1. The molecule has 0 aliphatic carbocycles. The number of aromatic nitrogens is 3. The van der Waals surface area contributed by atoms with Gasteiger partial charge in [-0.25, -0.2) is 4.39 Å². The van der Waals surface area contributed by atoms with Gasteiger partial charge in [0.15, 0.2) is 5.92 Å². The number of rotatable bonds is 4. The molecule has 3 rings (SSSR count). The van der Waals surface area contributed by atoms with Crippen molar-refractivity contribution in [3.63, 3.8) is 0 Å². The Kier molecular flexibility index (Phi) is 4.44. The van der Waals surface area contributed by atoms with Crippen LogP contribution in [0.15, 0.2) is 65.6 Å². The van der Waals surface area contributed by atoms with Crippen molar-refractivity contribution in [2.75, 3.05) is 0 Å². The van der Waals surface area contributed by atoms with Crippen molar-refractivity contribution in [2.45, 2.75) is 5.92 Å². The van der Waals surface area contributed by atoms with Crippen molar-refractivity contribution in [3.8, 4) is 11.8 Å². The summed E-state index contributed by atoms with van der Waals surface area (Å²) in [7, 11) is 0. The Morgan fingerprint density at radius 1 is 1.12 bits per heavy atom. The summed E-state index contributed by atoms with van der Waals surface area (Å²) in [4.78, 5) is 28.7. The zero-order valence-corrected chi connectivity index (χ0v) is 12.8. The van der Waals surface area contributed by atoms with Crippen molar-refractivity contribution in [2.24, 2.45) is 0 Å². The van der Waals surface area contributed by atoms with Gasteiger partial charge in [0.05, 0.1) is 17.5 Å². The third-order valence-electron chi connectivity index (χ3n) is 3.50. The average Bonchev–Trinajstić information content (AvgIpc) is 2.64. The van der Waals surface area contributed by atoms with Crippen LogP contribution in [0, 0.1) is 17.1 Å². The van der Waals surface area contributed by atoms with E-state index in [1.54, 1.807) is 18.2 Å². The van der Waals surface area contributed by atoms with E-state index in [2.05, 4.69) is 10.1 Å². The summed E-state index contributed by atoms with van der Waals surface area (Å²) in [6, 6.07) is 14.4. The minimum absolute atomic E-state index is 0.0545. The van der Waals surface area contributed by atoms with Gasteiger partial charge in [0.2, 0.25) is 5.78 Å². The van der Waals surface area contributed by atoms with Gasteiger partial charge in [-0.3, -0.25) is 14.6 Å². The molecule has 0 bridgehead atoms. The third kappa shape index (κ3) is 3.33. The van der Waals surface area contributed by atoms with Gasteiger partial charge in [-0.05, 0) is 42.5 Å². The highest BCUT2D eigenvalue weighted by Crippen LogP contribution is 2.17. The lowest BCUT2D eigenvalue weighted by molar-refractivity contribution is 0.0971. The maximum Gasteiger partial charge on any atom is 0.271 e. The summed E-state index contributed by atoms with van der Waals surface area (Å²) >= 11 is 0. The van der Waals surface area contributed by atoms with Crippen molar-refractivity contribution >= 4 is 5.78 Å². The largest absolute Gasteiger partial charge is 0.290 e. The van der Waals surface area contributed by atoms with Gasteiger partial charge in [-0.1, -0.05) is 6.07 Å². The number of ketones is 1. The molecule has 122 valence electrons. The highest BCUT2D eigenvalue weighted by Gasteiger charge is 2.24. The van der Waals surface area contributed by atoms with E-state index in [4.69, 9.17) is 0 Å². The summed E-state index contributed by atoms with van der Waals surface area (Å²) in [5.41, 5.74) is 0.0827. The first-order valence-corrected chi connectivity index (χ1v) is 7.31. The number of benzene rings is 1. The summed E-state index contributed by atoms with van der Waals surface area (Å²) in [6.45, 7) is 0. The van der Waals surface area contributed by atoms with E-state index < -0.39 is 23.1 Å². The average molecular weight is 334 g/mol. The van der Waals surface area contributed by atoms with Crippen molar-refractivity contribution in [1.29, 1.82) is 5.26 Å². The summed E-state index contributed by atoms with van der Waals surface area (Å²) in [5.74, 6) is -2.16. The van der Waals surface area contributed by atoms with E-state index in [1.165, 1.54) is 42.6 Å². The number of carbonyl (C=O) groups excluding carboxylic acids is 1. The first-order valence-electron chi connectivity index (χ1n) is 7.31. The molecule has 0 spiro atoms. The molecule has 2 aromatic heterocycles. The van der Waals surface area contributed by atoms with Gasteiger partial charge >= 0.3 is 0 Å². The number of nitrogens with zero attached hydrogens (tertiary/aromatic N) is 4. The van der Waals surface area contributed by atoms with Crippen LogP contribution in [0.3, 0.4) is 0 Å². The standard InChI is InChI=1S/C18H11FN4O2/c19-12-4-6-13(7-5-12)23-17(24)9-8-16(22-23)18(25)14(11-20)15-3-1-2-10-21-15/h1-10,14H. The molecule has 0 N–H and O–H groups in total. The molecule has 0 saturated heterocycles. The highest BCUT2D eigenvalue weighted by atomic mass is 19.1. The molecule has 25 heavy (non-hydrogen) atoms. The number of hydrogen-bond donors (Lipinski definition) is 0. The maximum atomic E-state index is 13.0. The molecule has 1 unspecified atom stereocenters. The Bertz CT molecular complexity index is 1010. The van der Waals surface area contributed by atoms with Gasteiger partial charge in [-0.2, -0.15) is 15.0 Å². The fraction of sp³-hybridized carbons (Fsp3) is 0.0556. The van der Waals surface area contributed by atoms with Crippen LogP contribution < -0.4 is 5.56 Å². The lowest BCUT2D eigenvalue weighted by Crippen LogP contribution is -2.24. The van der Waals surface area contributed by atoms with Crippen LogP contribution in [0.1, 0.15) is 22.1 Å². The number of hydrogen-bond acceptors (Lipinski definition) is 5. The predicted octanol–water partition coefficient (Wildman–Crippen LogP) is 2.26. The lowest BCUT2D eigenvalue weighted by atomic mass is 9.99. The first kappa shape index (κ1) is 16.2. The molecular formula is C18H11FN4O2. The molecule has 0 aliphatic heterocycles. The van der Waals surface area contributed by atoms with E-state index in [-0.39, 0.29) is 5.69 Å². The van der Waals surface area contributed by atoms with Crippen LogP contribution in [-0.4, -0.2) is 20.5 Å². The maximum absolute atomic E-state index is 13.0. The van der Waals surface area contributed by atoms with E-state index in [1.807, 2.05) is 6.07 Å². The summed E-state index contributed by atoms with van der Waals surface area (Å²) < 4.78 is 14.0. The molecular weight excluding hydrogens is 323 g/mol. The van der Waals surface area contributed by atoms with E-state index in [9.17, 15) is 19.2 Å². The zero-order chi connectivity index (χ0) is 17.8. The first-order chi connectivity index (χ1) is 12.1. The number of pyridine rings is 1. The van der Waals surface area contributed by atoms with Crippen molar-refractivity contribution in [3.05, 3.63) is 88.4 Å². The second-order valence-electron chi connectivity index (χ2n) is 5.13. The van der Waals surface area contributed by atoms with Crippen LogP contribution in [0.25, 0.3) is 5.69 Å². The fourth-order valence-electron chi connectivity index (χ4n) is 2.26. The predicted molar refractivity (Wildman–Crippen MR) is 86.7 cm³/mol. The van der Waals surface area contributed by atoms with E-state index in [0.717, 1.165) is 4.68 Å². The Labute approximate surface area is 141 Å². The number of nitriles is 1. The van der Waals surface area contributed by atoms with Crippen molar-refractivity contribution in [1.82, 2.24) is 14.8 Å². The van der Waals surface area contributed by atoms with Crippen LogP contribution in [-0.2, 0) is 0 Å². The minimum Gasteiger partial charge on any atom is -0.290 e. The Morgan fingerprint density at radius 3 is 2.52 bits per heavy atom. The lowest BCUT2D eigenvalue weighted by Gasteiger charge is -2.09. The molecule has 2 heterocycles. The van der Waals surface area contributed by atoms with Gasteiger partial charge in [0.25, 0.3) is 5.56 Å². The monoisotopic (exact) mass is 334 g/mol. The van der Waals surface area contributed by atoms with E-state index >= 15 is 0 Å². The SMILES string of the molecule is N#CC(C(=O)c1ccc(=O)n(-c2ccc(F)cc2)n1)c1ccccn1. The molecule has 1 aromatic carbocycles. The van der Waals surface area contributed by atoms with Gasteiger partial charge in [0, 0.05) is 12.3 Å². The number of carbonyl (C=O) groups is 1. The second-order valence-corrected chi connectivity index (χ2v) is 5.13. The molecule has 0 fully saturated rings. The third-order valence-corrected chi connectivity index (χ3v) is 3.50. The highest BCUT2D eigenvalue weighted by molar-refractivity contribution is 6.00. The minimum atomic E-state index is -1.13. The molecule has 6 nitrogen and oxygen atoms in total. The molecule has 0 amide bonds. The Morgan fingerprint density at radius 2 is 1.88 bits per heavy atom. The topological polar surface area (TPSA) is 88.6 Å².